The lowest BCUT2D eigenvalue weighted by Crippen LogP contribution is -1.80. The predicted molar refractivity (Wildman–Crippen MR) is 94.1 cm³/mol. The van der Waals surface area contributed by atoms with Crippen LogP contribution in [0.3, 0.4) is 0 Å². The zero-order valence-corrected chi connectivity index (χ0v) is 13.1. The fraction of sp³-hybridized carbons (Fsp3) is 0.143. The first kappa shape index (κ1) is 17.5. The van der Waals surface area contributed by atoms with E-state index >= 15 is 0 Å². The van der Waals surface area contributed by atoms with Gasteiger partial charge in [-0.1, -0.05) is 67.0 Å². The van der Waals surface area contributed by atoms with Gasteiger partial charge in [0.2, 0.25) is 0 Å². The normalized spacial score (nSPS) is 12.0. The molecule has 22 heavy (non-hydrogen) atoms. The monoisotopic (exact) mass is 292 g/mol. The second-order valence-corrected chi connectivity index (χ2v) is 4.62. The van der Waals surface area contributed by atoms with E-state index in [1.165, 1.54) is 0 Å². The Morgan fingerprint density at radius 2 is 1.82 bits per heavy atom. The summed E-state index contributed by atoms with van der Waals surface area (Å²) < 4.78 is 12.4. The minimum atomic E-state index is -0.445. The highest BCUT2D eigenvalue weighted by molar-refractivity contribution is 5.47. The Balaban J connectivity index is 2.73. The van der Waals surface area contributed by atoms with Crippen molar-refractivity contribution in [3.63, 3.8) is 0 Å². The Kier molecular flexibility index (Phi) is 8.08. The van der Waals surface area contributed by atoms with Crippen molar-refractivity contribution in [2.75, 3.05) is 0 Å². The van der Waals surface area contributed by atoms with Crippen molar-refractivity contribution in [1.29, 1.82) is 0 Å². The molecule has 0 N–H and O–H groups in total. The molecular formula is C21H21F. The Bertz CT molecular complexity index is 656. The average molecular weight is 292 g/mol. The molecule has 0 saturated heterocycles. The minimum absolute atomic E-state index is 0.445. The van der Waals surface area contributed by atoms with E-state index in [0.717, 1.165) is 16.7 Å². The molecule has 0 aliphatic heterocycles. The molecular weight excluding hydrogens is 271 g/mol. The molecule has 0 saturated carbocycles. The van der Waals surface area contributed by atoms with Crippen LogP contribution in [0.25, 0.3) is 0 Å². The summed E-state index contributed by atoms with van der Waals surface area (Å²) in [6, 6.07) is 7.17. The Morgan fingerprint density at radius 1 is 1.09 bits per heavy atom. The zero-order valence-electron chi connectivity index (χ0n) is 13.1. The van der Waals surface area contributed by atoms with Crippen molar-refractivity contribution >= 4 is 0 Å². The summed E-state index contributed by atoms with van der Waals surface area (Å²) in [5.74, 6) is 6.17. The molecule has 0 atom stereocenters. The van der Waals surface area contributed by atoms with Gasteiger partial charge in [0.05, 0.1) is 0 Å². The van der Waals surface area contributed by atoms with Gasteiger partial charge in [-0.3, -0.25) is 0 Å². The first-order valence-electron chi connectivity index (χ1n) is 7.19. The van der Waals surface area contributed by atoms with Crippen LogP contribution in [0.15, 0.2) is 84.5 Å². The summed E-state index contributed by atoms with van der Waals surface area (Å²) in [6.45, 7) is 7.42. The molecule has 0 aliphatic rings. The maximum absolute atomic E-state index is 12.4. The molecule has 1 aromatic rings. The molecule has 0 aromatic heterocycles. The molecule has 0 nitrogen and oxygen atoms in total. The van der Waals surface area contributed by atoms with Crippen LogP contribution in [0.2, 0.25) is 0 Å². The molecule has 0 bridgehead atoms. The van der Waals surface area contributed by atoms with Gasteiger partial charge >= 0.3 is 0 Å². The SMILES string of the molecule is C=C(/C=C\C=C/C)/C=C\C(C#Cc1ccc(CF)cc1)=C/C. The predicted octanol–water partition coefficient (Wildman–Crippen LogP) is 5.70. The molecule has 0 unspecified atom stereocenters. The van der Waals surface area contributed by atoms with E-state index < -0.39 is 6.67 Å². The molecule has 112 valence electrons. The second-order valence-electron chi connectivity index (χ2n) is 4.62. The number of rotatable bonds is 5. The smallest absolute Gasteiger partial charge is 0.115 e. The molecule has 1 heteroatoms. The largest absolute Gasteiger partial charge is 0.246 e. The molecule has 0 heterocycles. The second kappa shape index (κ2) is 10.2. The molecule has 0 spiro atoms. The third kappa shape index (κ3) is 6.72. The van der Waals surface area contributed by atoms with Gasteiger partial charge in [-0.15, -0.1) is 0 Å². The number of halogens is 1. The van der Waals surface area contributed by atoms with Crippen molar-refractivity contribution in [2.24, 2.45) is 0 Å². The molecule has 0 radical (unpaired) electrons. The standard InChI is InChI=1S/C21H21F/c1-4-6-7-8-18(3)9-10-19(5-2)11-12-20-13-15-21(17-22)16-14-20/h4-10,13-16H,3,17H2,1-2H3/b6-4-,8-7-,10-9-,19-5+. The van der Waals surface area contributed by atoms with Crippen molar-refractivity contribution < 1.29 is 4.39 Å². The highest BCUT2D eigenvalue weighted by Gasteiger charge is 1.91. The molecule has 1 aromatic carbocycles. The molecule has 1 rings (SSSR count). The van der Waals surface area contributed by atoms with Crippen LogP contribution < -0.4 is 0 Å². The number of allylic oxidation sites excluding steroid dienone is 9. The quantitative estimate of drug-likeness (QED) is 0.482. The first-order chi connectivity index (χ1) is 10.7. The fourth-order valence-electron chi connectivity index (χ4n) is 1.57. The fourth-order valence-corrected chi connectivity index (χ4v) is 1.57. The van der Waals surface area contributed by atoms with Gasteiger partial charge in [0.1, 0.15) is 6.67 Å². The van der Waals surface area contributed by atoms with Gasteiger partial charge in [0.15, 0.2) is 0 Å². The zero-order chi connectivity index (χ0) is 16.2. The summed E-state index contributed by atoms with van der Waals surface area (Å²) in [7, 11) is 0. The van der Waals surface area contributed by atoms with Crippen LogP contribution >= 0.6 is 0 Å². The van der Waals surface area contributed by atoms with Gasteiger partial charge in [0.25, 0.3) is 0 Å². The number of hydrogen-bond donors (Lipinski definition) is 0. The lowest BCUT2D eigenvalue weighted by Gasteiger charge is -1.94. The van der Waals surface area contributed by atoms with Gasteiger partial charge in [-0.2, -0.15) is 0 Å². The van der Waals surface area contributed by atoms with E-state index in [2.05, 4.69) is 18.4 Å². The van der Waals surface area contributed by atoms with Crippen molar-refractivity contribution in [3.05, 3.63) is 95.6 Å². The van der Waals surface area contributed by atoms with Crippen LogP contribution in [0.1, 0.15) is 25.0 Å². The van der Waals surface area contributed by atoms with Crippen LogP contribution in [-0.2, 0) is 6.67 Å². The van der Waals surface area contributed by atoms with E-state index in [9.17, 15) is 4.39 Å². The van der Waals surface area contributed by atoms with Crippen molar-refractivity contribution in [3.8, 4) is 11.8 Å². The maximum atomic E-state index is 12.4. The summed E-state index contributed by atoms with van der Waals surface area (Å²) in [5, 5.41) is 0. The Morgan fingerprint density at radius 3 is 2.41 bits per heavy atom. The highest BCUT2D eigenvalue weighted by atomic mass is 19.1. The van der Waals surface area contributed by atoms with Crippen molar-refractivity contribution in [2.45, 2.75) is 20.5 Å². The van der Waals surface area contributed by atoms with Crippen LogP contribution in [-0.4, -0.2) is 0 Å². The topological polar surface area (TPSA) is 0 Å². The Hall–Kier alpha value is -2.59. The van der Waals surface area contributed by atoms with E-state index in [1.54, 1.807) is 12.1 Å². The van der Waals surface area contributed by atoms with Crippen LogP contribution in [0, 0.1) is 11.8 Å². The van der Waals surface area contributed by atoms with E-state index in [1.807, 2.05) is 68.5 Å². The van der Waals surface area contributed by atoms with E-state index in [-0.39, 0.29) is 0 Å². The first-order valence-corrected chi connectivity index (χ1v) is 7.19. The summed E-state index contributed by atoms with van der Waals surface area (Å²) in [6.07, 6.45) is 13.6. The lowest BCUT2D eigenvalue weighted by atomic mass is 10.1. The van der Waals surface area contributed by atoms with E-state index in [4.69, 9.17) is 0 Å². The lowest BCUT2D eigenvalue weighted by molar-refractivity contribution is 0.485. The minimum Gasteiger partial charge on any atom is -0.246 e. The third-order valence-corrected chi connectivity index (χ3v) is 2.86. The van der Waals surface area contributed by atoms with Crippen LogP contribution in [0.5, 0.6) is 0 Å². The van der Waals surface area contributed by atoms with E-state index in [0.29, 0.717) is 5.56 Å². The van der Waals surface area contributed by atoms with Gasteiger partial charge in [-0.05, 0) is 43.2 Å². The molecule has 0 fully saturated rings. The third-order valence-electron chi connectivity index (χ3n) is 2.86. The number of hydrogen-bond acceptors (Lipinski definition) is 0. The summed E-state index contributed by atoms with van der Waals surface area (Å²) in [4.78, 5) is 0. The summed E-state index contributed by atoms with van der Waals surface area (Å²) in [5.41, 5.74) is 3.36. The number of benzene rings is 1. The Labute approximate surface area is 133 Å². The van der Waals surface area contributed by atoms with Gasteiger partial charge < -0.3 is 0 Å². The maximum Gasteiger partial charge on any atom is 0.115 e. The van der Waals surface area contributed by atoms with Crippen LogP contribution in [0.4, 0.5) is 4.39 Å². The number of alkyl halides is 1. The van der Waals surface area contributed by atoms with Crippen molar-refractivity contribution in [1.82, 2.24) is 0 Å². The summed E-state index contributed by atoms with van der Waals surface area (Å²) >= 11 is 0. The van der Waals surface area contributed by atoms with Gasteiger partial charge in [-0.25, -0.2) is 4.39 Å². The average Bonchev–Trinajstić information content (AvgIpc) is 2.55. The molecule has 0 aliphatic carbocycles. The highest BCUT2D eigenvalue weighted by Crippen LogP contribution is 2.06. The van der Waals surface area contributed by atoms with Gasteiger partial charge in [0, 0.05) is 11.1 Å². The molecule has 0 amide bonds.